The molecule has 0 aromatic heterocycles. The van der Waals surface area contributed by atoms with Crippen LogP contribution in [0.3, 0.4) is 0 Å². The lowest BCUT2D eigenvalue weighted by molar-refractivity contribution is -0.161. The number of rotatable bonds is 32. The van der Waals surface area contributed by atoms with Gasteiger partial charge in [0.15, 0.2) is 6.10 Å². The lowest BCUT2D eigenvalue weighted by Gasteiger charge is -2.18. The summed E-state index contributed by atoms with van der Waals surface area (Å²) in [5.74, 6) is -1.70. The van der Waals surface area contributed by atoms with Crippen LogP contribution in [0.1, 0.15) is 142 Å². The van der Waals surface area contributed by atoms with E-state index in [1.807, 2.05) is 0 Å². The molecule has 0 fully saturated rings. The second kappa shape index (κ2) is 29.4. The number of esters is 4. The van der Waals surface area contributed by atoms with Crippen LogP contribution in [0.4, 0.5) is 0 Å². The van der Waals surface area contributed by atoms with Crippen molar-refractivity contribution in [3.63, 3.8) is 0 Å². The number of unbranched alkanes of at least 4 members (excludes halogenated alkanes) is 16. The minimum Gasteiger partial charge on any atom is -0.462 e. The standard InChI is InChI=1S/C35H61O12P/c1-29(2)34(38)43-25-21-17-13-9-5-7-11-15-19-23-32(36)45-27-31(28-46-48(40,41)42)47-33(37)24-20-16-12-8-6-10-14-18-22-26-44-35(39)30(3)4/h31H,1,3,5-28H2,2,4H3,(H2,40,41,42)/t31-/m1/s1. The molecular weight excluding hydrogens is 643 g/mol. The molecule has 0 aliphatic heterocycles. The van der Waals surface area contributed by atoms with Crippen LogP contribution >= 0.6 is 7.82 Å². The molecule has 0 radical (unpaired) electrons. The SMILES string of the molecule is C=C(C)C(=O)OCCCCCCCCCCCC(=O)OC[C@H](COP(=O)(O)O)OC(=O)CCCCCCCCCCCOC(=O)C(=C)C. The highest BCUT2D eigenvalue weighted by Crippen LogP contribution is 2.36. The molecule has 2 N–H and O–H groups in total. The molecule has 0 rings (SSSR count). The molecule has 0 aromatic rings. The lowest BCUT2D eigenvalue weighted by atomic mass is 10.1. The molecule has 0 aliphatic rings. The summed E-state index contributed by atoms with van der Waals surface area (Å²) in [5.41, 5.74) is 0.817. The van der Waals surface area contributed by atoms with E-state index in [1.165, 1.54) is 0 Å². The van der Waals surface area contributed by atoms with Crippen LogP contribution in [0, 0.1) is 0 Å². The van der Waals surface area contributed by atoms with E-state index in [4.69, 9.17) is 28.7 Å². The van der Waals surface area contributed by atoms with E-state index >= 15 is 0 Å². The summed E-state index contributed by atoms with van der Waals surface area (Å²) in [6.45, 7) is 10.3. The first kappa shape index (κ1) is 45.5. The Hall–Kier alpha value is -2.53. The van der Waals surface area contributed by atoms with Crippen molar-refractivity contribution in [3.05, 3.63) is 24.3 Å². The first-order valence-corrected chi connectivity index (χ1v) is 19.0. The van der Waals surface area contributed by atoms with Crippen molar-refractivity contribution in [1.82, 2.24) is 0 Å². The maximum atomic E-state index is 12.3. The highest BCUT2D eigenvalue weighted by molar-refractivity contribution is 7.46. The van der Waals surface area contributed by atoms with Crippen LogP contribution in [-0.2, 0) is 47.2 Å². The van der Waals surface area contributed by atoms with Gasteiger partial charge in [-0.3, -0.25) is 14.1 Å². The summed E-state index contributed by atoms with van der Waals surface area (Å²) >= 11 is 0. The van der Waals surface area contributed by atoms with Gasteiger partial charge in [-0.1, -0.05) is 103 Å². The quantitative estimate of drug-likeness (QED) is 0.0231. The zero-order valence-electron chi connectivity index (χ0n) is 29.4. The maximum absolute atomic E-state index is 12.3. The first-order valence-electron chi connectivity index (χ1n) is 17.5. The van der Waals surface area contributed by atoms with E-state index in [0.717, 1.165) is 103 Å². The molecule has 0 bridgehead atoms. The minimum absolute atomic E-state index is 0.147. The number of phosphoric ester groups is 1. The average Bonchev–Trinajstić information content (AvgIpc) is 3.02. The van der Waals surface area contributed by atoms with E-state index in [2.05, 4.69) is 17.7 Å². The third-order valence-corrected chi connectivity index (χ3v) is 7.86. The van der Waals surface area contributed by atoms with Gasteiger partial charge in [-0.05, 0) is 39.5 Å². The Morgan fingerprint density at radius 1 is 0.542 bits per heavy atom. The molecule has 0 saturated carbocycles. The zero-order valence-corrected chi connectivity index (χ0v) is 30.3. The van der Waals surface area contributed by atoms with Crippen LogP contribution < -0.4 is 0 Å². The van der Waals surface area contributed by atoms with Gasteiger partial charge in [0.1, 0.15) is 6.61 Å². The molecule has 0 spiro atoms. The Kier molecular flexibility index (Phi) is 27.8. The molecule has 0 unspecified atom stereocenters. The fourth-order valence-electron chi connectivity index (χ4n) is 4.59. The van der Waals surface area contributed by atoms with E-state index in [-0.39, 0.29) is 31.4 Å². The molecule has 0 saturated heterocycles. The van der Waals surface area contributed by atoms with Gasteiger partial charge >= 0.3 is 31.7 Å². The number of carbonyl (C=O) groups excluding carboxylic acids is 4. The molecule has 0 amide bonds. The van der Waals surface area contributed by atoms with Crippen molar-refractivity contribution in [2.24, 2.45) is 0 Å². The molecule has 0 aliphatic carbocycles. The third kappa shape index (κ3) is 30.8. The fraction of sp³-hybridized carbons (Fsp3) is 0.771. The molecule has 0 aromatic carbocycles. The Balaban J connectivity index is 3.98. The van der Waals surface area contributed by atoms with Crippen LogP contribution in [0.25, 0.3) is 0 Å². The van der Waals surface area contributed by atoms with Gasteiger partial charge in [-0.15, -0.1) is 0 Å². The minimum atomic E-state index is -4.79. The van der Waals surface area contributed by atoms with Crippen molar-refractivity contribution < 1.29 is 57.0 Å². The highest BCUT2D eigenvalue weighted by Gasteiger charge is 2.23. The number of hydrogen-bond acceptors (Lipinski definition) is 10. The van der Waals surface area contributed by atoms with Crippen LogP contribution in [-0.4, -0.2) is 66.2 Å². The average molecular weight is 705 g/mol. The summed E-state index contributed by atoms with van der Waals surface area (Å²) in [6.07, 6.45) is 16.5. The van der Waals surface area contributed by atoms with Gasteiger partial charge in [0.05, 0.1) is 19.8 Å². The highest BCUT2D eigenvalue weighted by atomic mass is 31.2. The van der Waals surface area contributed by atoms with Gasteiger partial charge in [0.2, 0.25) is 0 Å². The van der Waals surface area contributed by atoms with Crippen molar-refractivity contribution >= 4 is 31.7 Å². The molecule has 0 heterocycles. The second-order valence-corrected chi connectivity index (χ2v) is 13.5. The van der Waals surface area contributed by atoms with E-state index in [1.54, 1.807) is 13.8 Å². The van der Waals surface area contributed by atoms with Gasteiger partial charge in [-0.2, -0.15) is 0 Å². The maximum Gasteiger partial charge on any atom is 0.469 e. The van der Waals surface area contributed by atoms with Crippen LogP contribution in [0.2, 0.25) is 0 Å². The fourth-order valence-corrected chi connectivity index (χ4v) is 4.95. The smallest absolute Gasteiger partial charge is 0.462 e. The van der Waals surface area contributed by atoms with Crippen molar-refractivity contribution in [3.8, 4) is 0 Å². The topological polar surface area (TPSA) is 172 Å². The predicted molar refractivity (Wildman–Crippen MR) is 183 cm³/mol. The zero-order chi connectivity index (χ0) is 36.0. The number of hydrogen-bond donors (Lipinski definition) is 2. The van der Waals surface area contributed by atoms with E-state index in [0.29, 0.717) is 37.2 Å². The van der Waals surface area contributed by atoms with Gasteiger partial charge in [0, 0.05) is 24.0 Å². The number of phosphoric acid groups is 1. The summed E-state index contributed by atoms with van der Waals surface area (Å²) < 4.78 is 36.3. The van der Waals surface area contributed by atoms with E-state index < -0.39 is 32.5 Å². The van der Waals surface area contributed by atoms with E-state index in [9.17, 15) is 23.7 Å². The van der Waals surface area contributed by atoms with Crippen molar-refractivity contribution in [1.29, 1.82) is 0 Å². The predicted octanol–water partition coefficient (Wildman–Crippen LogP) is 7.59. The summed E-state index contributed by atoms with van der Waals surface area (Å²) in [4.78, 5) is 65.2. The number of ether oxygens (including phenoxy) is 4. The lowest BCUT2D eigenvalue weighted by Crippen LogP contribution is -2.29. The van der Waals surface area contributed by atoms with Crippen molar-refractivity contribution in [2.45, 2.75) is 148 Å². The summed E-state index contributed by atoms with van der Waals surface area (Å²) in [7, 11) is -4.79. The summed E-state index contributed by atoms with van der Waals surface area (Å²) in [6, 6.07) is 0. The van der Waals surface area contributed by atoms with Gasteiger partial charge < -0.3 is 28.7 Å². The first-order chi connectivity index (χ1) is 22.8. The van der Waals surface area contributed by atoms with Crippen LogP contribution in [0.15, 0.2) is 24.3 Å². The molecule has 48 heavy (non-hydrogen) atoms. The second-order valence-electron chi connectivity index (χ2n) is 12.3. The van der Waals surface area contributed by atoms with Gasteiger partial charge in [0.25, 0.3) is 0 Å². The molecule has 12 nitrogen and oxygen atoms in total. The molecule has 13 heteroatoms. The Morgan fingerprint density at radius 3 is 1.27 bits per heavy atom. The summed E-state index contributed by atoms with van der Waals surface area (Å²) in [5, 5.41) is 0. The monoisotopic (exact) mass is 704 g/mol. The Labute approximate surface area is 287 Å². The molecular formula is C35H61O12P. The van der Waals surface area contributed by atoms with Gasteiger partial charge in [-0.25, -0.2) is 14.2 Å². The number of carbonyl (C=O) groups is 4. The molecule has 278 valence electrons. The van der Waals surface area contributed by atoms with Crippen LogP contribution in [0.5, 0.6) is 0 Å². The normalized spacial score (nSPS) is 11.8. The Morgan fingerprint density at radius 2 is 0.896 bits per heavy atom. The Bertz CT molecular complexity index is 990. The largest absolute Gasteiger partial charge is 0.469 e. The molecule has 1 atom stereocenters. The third-order valence-electron chi connectivity index (χ3n) is 7.37. The van der Waals surface area contributed by atoms with Crippen molar-refractivity contribution in [2.75, 3.05) is 26.4 Å².